The van der Waals surface area contributed by atoms with Gasteiger partial charge >= 0.3 is 0 Å². The first-order chi connectivity index (χ1) is 17.2. The third-order valence-electron chi connectivity index (χ3n) is 8.82. The highest BCUT2D eigenvalue weighted by Crippen LogP contribution is 2.45. The molecule has 2 fully saturated rings. The van der Waals surface area contributed by atoms with E-state index in [4.69, 9.17) is 4.98 Å². The van der Waals surface area contributed by atoms with Crippen molar-refractivity contribution in [2.24, 2.45) is 11.8 Å². The maximum Gasteiger partial charge on any atom is 0.125 e. The predicted octanol–water partition coefficient (Wildman–Crippen LogP) is 5.40. The van der Waals surface area contributed by atoms with E-state index in [0.717, 1.165) is 57.3 Å². The molecule has 0 spiro atoms. The van der Waals surface area contributed by atoms with Gasteiger partial charge in [-0.3, -0.25) is 9.29 Å². The SMILES string of the molecule is CCC1CCC1N1CCc2c([nH]c3ccccc23)C1c1ccc(NCCN2CCC(CF)C2)nc1. The Morgan fingerprint density at radius 1 is 1.11 bits per heavy atom. The van der Waals surface area contributed by atoms with Crippen molar-refractivity contribution in [2.75, 3.05) is 44.7 Å². The molecule has 2 N–H and O–H groups in total. The molecule has 4 atom stereocenters. The van der Waals surface area contributed by atoms with Gasteiger partial charge in [-0.05, 0) is 61.4 Å². The highest BCUT2D eigenvalue weighted by molar-refractivity contribution is 5.85. The summed E-state index contributed by atoms with van der Waals surface area (Å²) in [6.07, 6.45) is 8.09. The van der Waals surface area contributed by atoms with Gasteiger partial charge in [-0.25, -0.2) is 4.98 Å². The minimum Gasteiger partial charge on any atom is -0.369 e. The highest BCUT2D eigenvalue weighted by Gasteiger charge is 2.41. The molecule has 5 nitrogen and oxygen atoms in total. The Kier molecular flexibility index (Phi) is 6.50. The molecular formula is C29H38FN5. The average molecular weight is 476 g/mol. The molecule has 2 aromatic heterocycles. The number of nitrogens with zero attached hydrogens (tertiary/aromatic N) is 3. The van der Waals surface area contributed by atoms with Crippen LogP contribution in [-0.4, -0.2) is 65.2 Å². The Morgan fingerprint density at radius 2 is 2.03 bits per heavy atom. The number of anilines is 1. The number of fused-ring (bicyclic) bond motifs is 3. The highest BCUT2D eigenvalue weighted by atomic mass is 19.1. The van der Waals surface area contributed by atoms with E-state index in [0.29, 0.717) is 6.04 Å². The van der Waals surface area contributed by atoms with E-state index < -0.39 is 0 Å². The fraction of sp³-hybridized carbons (Fsp3) is 0.552. The molecule has 1 saturated heterocycles. The molecule has 3 aliphatic rings. The number of aromatic nitrogens is 2. The Morgan fingerprint density at radius 3 is 2.77 bits per heavy atom. The van der Waals surface area contributed by atoms with Crippen molar-refractivity contribution in [3.63, 3.8) is 0 Å². The van der Waals surface area contributed by atoms with Gasteiger partial charge < -0.3 is 15.2 Å². The standard InChI is InChI=1S/C29H38FN5/c1-2-21-7-9-26(21)35-15-12-24-23-5-3-4-6-25(23)33-28(24)29(35)22-8-10-27(32-18-22)31-13-16-34-14-11-20(17-30)19-34/h3-6,8,10,18,20-21,26,29,33H,2,7,9,11-17,19H2,1H3,(H,31,32). The van der Waals surface area contributed by atoms with E-state index in [9.17, 15) is 4.39 Å². The number of pyridine rings is 1. The number of likely N-dealkylation sites (tertiary alicyclic amines) is 1. The fourth-order valence-corrected chi connectivity index (χ4v) is 6.69. The molecule has 4 unspecified atom stereocenters. The summed E-state index contributed by atoms with van der Waals surface area (Å²) in [7, 11) is 0. The van der Waals surface area contributed by atoms with Crippen molar-refractivity contribution in [2.45, 2.75) is 51.1 Å². The van der Waals surface area contributed by atoms with Crippen LogP contribution in [0.15, 0.2) is 42.6 Å². The number of para-hydroxylation sites is 1. The summed E-state index contributed by atoms with van der Waals surface area (Å²) in [4.78, 5) is 13.7. The molecule has 4 heterocycles. The van der Waals surface area contributed by atoms with Crippen LogP contribution in [0.3, 0.4) is 0 Å². The van der Waals surface area contributed by atoms with Crippen molar-refractivity contribution in [1.82, 2.24) is 19.8 Å². The summed E-state index contributed by atoms with van der Waals surface area (Å²) in [5, 5.41) is 4.85. The molecule has 0 amide bonds. The Balaban J connectivity index is 1.22. The zero-order valence-electron chi connectivity index (χ0n) is 20.8. The van der Waals surface area contributed by atoms with E-state index in [1.54, 1.807) is 0 Å². The van der Waals surface area contributed by atoms with Gasteiger partial charge in [0.15, 0.2) is 0 Å². The van der Waals surface area contributed by atoms with Crippen LogP contribution >= 0.6 is 0 Å². The van der Waals surface area contributed by atoms with Crippen LogP contribution in [0.5, 0.6) is 0 Å². The minimum atomic E-state index is -0.191. The third-order valence-corrected chi connectivity index (χ3v) is 8.82. The van der Waals surface area contributed by atoms with Crippen LogP contribution < -0.4 is 5.32 Å². The quantitative estimate of drug-likeness (QED) is 0.458. The number of hydrogen-bond acceptors (Lipinski definition) is 4. The summed E-state index contributed by atoms with van der Waals surface area (Å²) in [5.74, 6) is 1.95. The van der Waals surface area contributed by atoms with E-state index in [2.05, 4.69) is 69.6 Å². The largest absolute Gasteiger partial charge is 0.369 e. The smallest absolute Gasteiger partial charge is 0.125 e. The zero-order chi connectivity index (χ0) is 23.8. The Hall–Kier alpha value is -2.44. The molecule has 6 rings (SSSR count). The molecule has 0 bridgehead atoms. The topological polar surface area (TPSA) is 47.2 Å². The molecule has 186 valence electrons. The number of aromatic amines is 1. The number of H-pyrrole nitrogens is 1. The van der Waals surface area contributed by atoms with Crippen LogP contribution in [0.1, 0.15) is 55.5 Å². The van der Waals surface area contributed by atoms with E-state index >= 15 is 0 Å². The lowest BCUT2D eigenvalue weighted by Gasteiger charge is -2.49. The Labute approximate surface area is 208 Å². The van der Waals surface area contributed by atoms with Crippen LogP contribution in [0.4, 0.5) is 10.2 Å². The first kappa shape index (κ1) is 23.0. The normalized spacial score (nSPS) is 27.1. The number of halogens is 1. The molecule has 2 aliphatic heterocycles. The molecule has 3 aromatic rings. The second-order valence-electron chi connectivity index (χ2n) is 10.8. The van der Waals surface area contributed by atoms with Gasteiger partial charge in [0.05, 0.1) is 12.7 Å². The second-order valence-corrected chi connectivity index (χ2v) is 10.8. The van der Waals surface area contributed by atoms with Crippen molar-refractivity contribution in [1.29, 1.82) is 0 Å². The van der Waals surface area contributed by atoms with Crippen molar-refractivity contribution in [3.8, 4) is 0 Å². The minimum absolute atomic E-state index is 0.191. The molecule has 0 radical (unpaired) electrons. The van der Waals surface area contributed by atoms with Crippen LogP contribution in [0.2, 0.25) is 0 Å². The Bertz CT molecular complexity index is 1140. The van der Waals surface area contributed by atoms with Gasteiger partial charge in [0.1, 0.15) is 5.82 Å². The van der Waals surface area contributed by atoms with E-state index in [-0.39, 0.29) is 18.6 Å². The molecule has 35 heavy (non-hydrogen) atoms. The summed E-state index contributed by atoms with van der Waals surface area (Å²) in [6, 6.07) is 14.0. The van der Waals surface area contributed by atoms with E-state index in [1.807, 2.05) is 0 Å². The van der Waals surface area contributed by atoms with Gasteiger partial charge in [0.2, 0.25) is 0 Å². The molecule has 1 saturated carbocycles. The number of nitrogens with one attached hydrogen (secondary N) is 2. The van der Waals surface area contributed by atoms with Crippen molar-refractivity contribution in [3.05, 3.63) is 59.4 Å². The number of rotatable bonds is 8. The average Bonchev–Trinajstić information content (AvgIpc) is 3.48. The third kappa shape index (κ3) is 4.36. The van der Waals surface area contributed by atoms with Gasteiger partial charge in [-0.15, -0.1) is 0 Å². The lowest BCUT2D eigenvalue weighted by atomic mass is 9.75. The first-order valence-electron chi connectivity index (χ1n) is 13.6. The lowest BCUT2D eigenvalue weighted by Crippen LogP contribution is -2.51. The molecule has 6 heteroatoms. The number of benzene rings is 1. The maximum absolute atomic E-state index is 12.9. The van der Waals surface area contributed by atoms with Gasteiger partial charge in [-0.2, -0.15) is 0 Å². The first-order valence-corrected chi connectivity index (χ1v) is 13.6. The van der Waals surface area contributed by atoms with Crippen molar-refractivity contribution < 1.29 is 4.39 Å². The second kappa shape index (κ2) is 9.90. The molecular weight excluding hydrogens is 437 g/mol. The van der Waals surface area contributed by atoms with Gasteiger partial charge in [0.25, 0.3) is 0 Å². The lowest BCUT2D eigenvalue weighted by molar-refractivity contribution is 0.0306. The van der Waals surface area contributed by atoms with E-state index in [1.165, 1.54) is 47.0 Å². The summed E-state index contributed by atoms with van der Waals surface area (Å²) < 4.78 is 12.9. The predicted molar refractivity (Wildman–Crippen MR) is 141 cm³/mol. The van der Waals surface area contributed by atoms with Crippen molar-refractivity contribution >= 4 is 16.7 Å². The molecule has 1 aliphatic carbocycles. The number of hydrogen-bond donors (Lipinski definition) is 2. The monoisotopic (exact) mass is 475 g/mol. The van der Waals surface area contributed by atoms with Crippen LogP contribution in [0, 0.1) is 11.8 Å². The van der Waals surface area contributed by atoms with Gasteiger partial charge in [0, 0.05) is 60.9 Å². The number of alkyl halides is 1. The zero-order valence-corrected chi connectivity index (χ0v) is 20.8. The summed E-state index contributed by atoms with van der Waals surface area (Å²) in [5.41, 5.74) is 5.36. The summed E-state index contributed by atoms with van der Waals surface area (Å²) in [6.45, 7) is 6.93. The summed E-state index contributed by atoms with van der Waals surface area (Å²) >= 11 is 0. The maximum atomic E-state index is 12.9. The van der Waals surface area contributed by atoms with Crippen LogP contribution in [-0.2, 0) is 6.42 Å². The van der Waals surface area contributed by atoms with Gasteiger partial charge in [-0.1, -0.05) is 37.6 Å². The molecule has 1 aromatic carbocycles. The van der Waals surface area contributed by atoms with Crippen LogP contribution in [0.25, 0.3) is 10.9 Å². The fourth-order valence-electron chi connectivity index (χ4n) is 6.69.